The maximum Gasteiger partial charge on any atom is 0.308 e. The van der Waals surface area contributed by atoms with Crippen LogP contribution in [0, 0.1) is 11.8 Å². The Morgan fingerprint density at radius 2 is 2.13 bits per heavy atom. The number of aliphatic carboxylic acids is 1. The van der Waals surface area contributed by atoms with Gasteiger partial charge in [-0.15, -0.1) is 0 Å². The number of hydrogen-bond donors (Lipinski definition) is 2. The van der Waals surface area contributed by atoms with Crippen molar-refractivity contribution in [2.45, 2.75) is 12.5 Å². The summed E-state index contributed by atoms with van der Waals surface area (Å²) in [4.78, 5) is 19.2. The number of amidine groups is 1. The first-order valence-corrected chi connectivity index (χ1v) is 10.9. The summed E-state index contributed by atoms with van der Waals surface area (Å²) in [6, 6.07) is 13.0. The largest absolute Gasteiger partial charge is 0.481 e. The van der Waals surface area contributed by atoms with E-state index >= 15 is 0 Å². The second kappa shape index (κ2) is 8.49. The number of halogens is 1. The van der Waals surface area contributed by atoms with E-state index in [0.29, 0.717) is 49.3 Å². The van der Waals surface area contributed by atoms with Gasteiger partial charge in [-0.2, -0.15) is 0 Å². The summed E-state index contributed by atoms with van der Waals surface area (Å²) in [7, 11) is 0. The van der Waals surface area contributed by atoms with Crippen molar-refractivity contribution in [1.29, 1.82) is 0 Å². The number of benzene rings is 2. The number of rotatable bonds is 3. The number of carboxylic acids is 1. The smallest absolute Gasteiger partial charge is 0.308 e. The number of ether oxygens (including phenoxy) is 2. The fourth-order valence-electron chi connectivity index (χ4n) is 4.69. The highest BCUT2D eigenvalue weighted by Gasteiger charge is 2.40. The van der Waals surface area contributed by atoms with Crippen molar-refractivity contribution in [1.82, 2.24) is 10.2 Å². The Kier molecular flexibility index (Phi) is 5.56. The molecule has 7 nitrogen and oxygen atoms in total. The lowest BCUT2D eigenvalue weighted by molar-refractivity contribution is -0.145. The molecule has 0 saturated carbocycles. The van der Waals surface area contributed by atoms with Gasteiger partial charge in [-0.05, 0) is 42.7 Å². The van der Waals surface area contributed by atoms with Crippen molar-refractivity contribution >= 4 is 29.1 Å². The minimum absolute atomic E-state index is 0.0150. The number of carboxylic acid groups (broad SMARTS) is 1. The van der Waals surface area contributed by atoms with Crippen LogP contribution in [0.1, 0.15) is 12.0 Å². The first-order valence-electron chi connectivity index (χ1n) is 10.5. The van der Waals surface area contributed by atoms with E-state index in [1.54, 1.807) is 12.1 Å². The van der Waals surface area contributed by atoms with Gasteiger partial charge in [0.15, 0.2) is 5.75 Å². The molecule has 5 rings (SSSR count). The Labute approximate surface area is 185 Å². The zero-order chi connectivity index (χ0) is 21.4. The Balaban J connectivity index is 1.51. The minimum Gasteiger partial charge on any atom is -0.481 e. The maximum absolute atomic E-state index is 12.1. The molecule has 2 aromatic carbocycles. The van der Waals surface area contributed by atoms with E-state index in [-0.39, 0.29) is 12.0 Å². The molecule has 3 heterocycles. The lowest BCUT2D eigenvalue weighted by Gasteiger charge is -2.39. The van der Waals surface area contributed by atoms with Gasteiger partial charge in [0.1, 0.15) is 17.3 Å². The molecule has 2 fully saturated rings. The van der Waals surface area contributed by atoms with E-state index in [2.05, 4.69) is 10.2 Å². The molecule has 3 aliphatic heterocycles. The van der Waals surface area contributed by atoms with Crippen molar-refractivity contribution in [2.75, 3.05) is 32.8 Å². The highest BCUT2D eigenvalue weighted by atomic mass is 35.5. The summed E-state index contributed by atoms with van der Waals surface area (Å²) in [5.74, 6) is 0.862. The molecular weight excluding hydrogens is 418 g/mol. The lowest BCUT2D eigenvalue weighted by Crippen LogP contribution is -2.58. The molecule has 31 heavy (non-hydrogen) atoms. The Morgan fingerprint density at radius 1 is 1.26 bits per heavy atom. The fourth-order valence-corrected chi connectivity index (χ4v) is 4.85. The van der Waals surface area contributed by atoms with Crippen LogP contribution in [0.3, 0.4) is 0 Å². The molecule has 0 aromatic heterocycles. The molecule has 0 amide bonds. The van der Waals surface area contributed by atoms with Crippen molar-refractivity contribution in [3.8, 4) is 11.5 Å². The van der Waals surface area contributed by atoms with Gasteiger partial charge in [-0.25, -0.2) is 4.99 Å². The van der Waals surface area contributed by atoms with Gasteiger partial charge in [0.05, 0.1) is 18.1 Å². The Bertz CT molecular complexity index is 1020. The molecule has 8 heteroatoms. The van der Waals surface area contributed by atoms with Crippen LogP contribution >= 0.6 is 11.6 Å². The van der Waals surface area contributed by atoms with Crippen molar-refractivity contribution in [3.05, 3.63) is 53.1 Å². The Hall–Kier alpha value is -2.61. The van der Waals surface area contributed by atoms with Crippen molar-refractivity contribution in [3.63, 3.8) is 0 Å². The summed E-state index contributed by atoms with van der Waals surface area (Å²) >= 11 is 6.22. The van der Waals surface area contributed by atoms with Gasteiger partial charge in [0, 0.05) is 37.3 Å². The van der Waals surface area contributed by atoms with Crippen LogP contribution in [0.25, 0.3) is 0 Å². The molecule has 2 saturated heterocycles. The zero-order valence-corrected chi connectivity index (χ0v) is 17.7. The van der Waals surface area contributed by atoms with Crippen LogP contribution in [0.2, 0.25) is 5.02 Å². The number of nitrogens with one attached hydrogen (secondary N) is 1. The van der Waals surface area contributed by atoms with Crippen LogP contribution in [0.5, 0.6) is 11.5 Å². The molecule has 0 spiro atoms. The van der Waals surface area contributed by atoms with Gasteiger partial charge in [-0.1, -0.05) is 23.7 Å². The van der Waals surface area contributed by atoms with Gasteiger partial charge in [0.25, 0.3) is 0 Å². The van der Waals surface area contributed by atoms with E-state index in [0.717, 1.165) is 23.6 Å². The average molecular weight is 442 g/mol. The van der Waals surface area contributed by atoms with E-state index in [1.165, 1.54) is 0 Å². The SMILES string of the molecule is O=C(O)C([C@@H]1CCOC1)[C@H]1CN(C2=Nc3cc(Cl)ccc3Oc3ccccc32)CCN1. The second-order valence-electron chi connectivity index (χ2n) is 8.14. The van der Waals surface area contributed by atoms with Crippen LogP contribution < -0.4 is 10.1 Å². The highest BCUT2D eigenvalue weighted by Crippen LogP contribution is 2.39. The number of nitrogens with zero attached hydrogens (tertiary/aromatic N) is 2. The zero-order valence-electron chi connectivity index (χ0n) is 17.0. The van der Waals surface area contributed by atoms with Gasteiger partial charge < -0.3 is 24.8 Å². The number of hydrogen-bond acceptors (Lipinski definition) is 6. The average Bonchev–Trinajstić information content (AvgIpc) is 3.22. The normalized spacial score (nSPS) is 23.8. The van der Waals surface area contributed by atoms with E-state index in [1.807, 2.05) is 30.3 Å². The summed E-state index contributed by atoms with van der Waals surface area (Å²) < 4.78 is 11.6. The predicted octanol–water partition coefficient (Wildman–Crippen LogP) is 3.54. The van der Waals surface area contributed by atoms with Crippen LogP contribution in [0.15, 0.2) is 47.5 Å². The molecule has 3 atom stereocenters. The molecule has 2 aromatic rings. The van der Waals surface area contributed by atoms with Gasteiger partial charge in [-0.3, -0.25) is 4.79 Å². The first kappa shape index (κ1) is 20.3. The van der Waals surface area contributed by atoms with Crippen molar-refractivity contribution in [2.24, 2.45) is 16.8 Å². The van der Waals surface area contributed by atoms with Crippen molar-refractivity contribution < 1.29 is 19.4 Å². The van der Waals surface area contributed by atoms with E-state index in [4.69, 9.17) is 26.1 Å². The second-order valence-corrected chi connectivity index (χ2v) is 8.58. The maximum atomic E-state index is 12.1. The molecule has 162 valence electrons. The van der Waals surface area contributed by atoms with Crippen LogP contribution in [-0.4, -0.2) is 60.7 Å². The molecule has 0 radical (unpaired) electrons. The molecule has 3 aliphatic rings. The van der Waals surface area contributed by atoms with E-state index < -0.39 is 11.9 Å². The summed E-state index contributed by atoms with van der Waals surface area (Å²) in [5.41, 5.74) is 1.54. The van der Waals surface area contributed by atoms with Gasteiger partial charge >= 0.3 is 5.97 Å². The number of para-hydroxylation sites is 1. The van der Waals surface area contributed by atoms with E-state index in [9.17, 15) is 9.90 Å². The molecule has 2 N–H and O–H groups in total. The summed E-state index contributed by atoms with van der Waals surface area (Å²) in [6.45, 7) is 3.05. The molecular formula is C23H24ClN3O4. The third kappa shape index (κ3) is 4.01. The quantitative estimate of drug-likeness (QED) is 0.758. The summed E-state index contributed by atoms with van der Waals surface area (Å²) in [5, 5.41) is 14.0. The number of fused-ring (bicyclic) bond motifs is 2. The Morgan fingerprint density at radius 3 is 2.94 bits per heavy atom. The topological polar surface area (TPSA) is 83.4 Å². The minimum atomic E-state index is -0.779. The fraction of sp³-hybridized carbons (Fsp3) is 0.391. The molecule has 1 unspecified atom stereocenters. The monoisotopic (exact) mass is 441 g/mol. The number of piperazine rings is 1. The number of aliphatic imine (C=N–C) groups is 1. The highest BCUT2D eigenvalue weighted by molar-refractivity contribution is 6.31. The van der Waals surface area contributed by atoms with Gasteiger partial charge in [0.2, 0.25) is 0 Å². The lowest BCUT2D eigenvalue weighted by atomic mass is 9.84. The van der Waals surface area contributed by atoms with Crippen LogP contribution in [-0.2, 0) is 9.53 Å². The van der Waals surface area contributed by atoms with Crippen LogP contribution in [0.4, 0.5) is 5.69 Å². The number of carbonyl (C=O) groups is 1. The summed E-state index contributed by atoms with van der Waals surface area (Å²) in [6.07, 6.45) is 0.776. The molecule has 0 bridgehead atoms. The molecule has 0 aliphatic carbocycles. The third-order valence-corrected chi connectivity index (χ3v) is 6.43. The predicted molar refractivity (Wildman–Crippen MR) is 118 cm³/mol. The third-order valence-electron chi connectivity index (χ3n) is 6.19. The standard InChI is InChI=1S/C23H24ClN3O4/c24-15-5-6-20-17(11-15)26-22(16-3-1-2-4-19(16)31-20)27-9-8-25-18(12-27)21(23(28)29)14-7-10-30-13-14/h1-6,11,14,18,21,25H,7-10,12-13H2,(H,28,29)/t14-,18-,21?/m1/s1. The first-order chi connectivity index (χ1) is 15.1.